The van der Waals surface area contributed by atoms with Crippen molar-refractivity contribution in [1.82, 2.24) is 9.13 Å². The first kappa shape index (κ1) is 34.3. The van der Waals surface area contributed by atoms with Crippen molar-refractivity contribution in [1.29, 1.82) is 5.26 Å². The normalized spacial score (nSPS) is 11.6. The Kier molecular flexibility index (Phi) is 7.99. The molecule has 0 spiro atoms. The Morgan fingerprint density at radius 1 is 0.368 bits per heavy atom. The first-order chi connectivity index (χ1) is 27.7. The molecule has 10 aromatic rings. The van der Waals surface area contributed by atoms with Gasteiger partial charge in [-0.2, -0.15) is 5.26 Å². The standard InChI is InChI=1S/C54H41N3/c1-33-17-20-51(56-49-15-8-6-12-43(49)47-30-38(18-21-52(47)56)41-25-34(2)23-35(3)26-41)46(29-33)45-14-10-11-40(32-55)54(45)57-50-16-9-7-13-44(50)48-31-39(19-22-53(48)57)42-27-36(4)24-37(5)28-42/h6-31H,1-5H3. The number of hydrogen-bond donors (Lipinski definition) is 0. The second kappa shape index (κ2) is 13.3. The Morgan fingerprint density at radius 2 is 0.877 bits per heavy atom. The number of nitrogens with zero attached hydrogens (tertiary/aromatic N) is 3. The largest absolute Gasteiger partial charge is 0.309 e. The van der Waals surface area contributed by atoms with Crippen LogP contribution in [-0.4, -0.2) is 9.13 Å². The molecule has 272 valence electrons. The molecule has 0 saturated heterocycles. The molecular formula is C54H41N3. The van der Waals surface area contributed by atoms with Crippen LogP contribution in [0, 0.1) is 45.9 Å². The van der Waals surface area contributed by atoms with Crippen LogP contribution >= 0.6 is 0 Å². The van der Waals surface area contributed by atoms with E-state index >= 15 is 0 Å². The van der Waals surface area contributed by atoms with E-state index < -0.39 is 0 Å². The SMILES string of the molecule is Cc1cc(C)cc(-c2ccc3c(c2)c2ccccc2n3-c2ccc(C)cc2-c2cccc(C#N)c2-n2c3ccccc3c3cc(-c4cc(C)cc(C)c4)ccc32)c1. The number of benzene rings is 8. The van der Waals surface area contributed by atoms with E-state index in [1.165, 1.54) is 55.3 Å². The smallest absolute Gasteiger partial charge is 0.101 e. The zero-order chi connectivity index (χ0) is 38.9. The number of rotatable bonds is 5. The Labute approximate surface area is 333 Å². The van der Waals surface area contributed by atoms with Crippen molar-refractivity contribution in [3.63, 3.8) is 0 Å². The summed E-state index contributed by atoms with van der Waals surface area (Å²) in [6.45, 7) is 10.8. The monoisotopic (exact) mass is 731 g/mol. The molecule has 0 radical (unpaired) electrons. The summed E-state index contributed by atoms with van der Waals surface area (Å²) in [5.41, 5.74) is 20.1. The molecule has 10 rings (SSSR count). The van der Waals surface area contributed by atoms with Crippen LogP contribution < -0.4 is 0 Å². The van der Waals surface area contributed by atoms with Crippen molar-refractivity contribution in [2.75, 3.05) is 0 Å². The van der Waals surface area contributed by atoms with Crippen LogP contribution in [0.2, 0.25) is 0 Å². The Balaban J connectivity index is 1.24. The maximum absolute atomic E-state index is 10.9. The minimum Gasteiger partial charge on any atom is -0.309 e. The predicted octanol–water partition coefficient (Wildman–Crippen LogP) is 14.3. The molecule has 0 aliphatic rings. The molecule has 0 amide bonds. The van der Waals surface area contributed by atoms with Crippen LogP contribution in [0.25, 0.3) is 88.4 Å². The summed E-state index contributed by atoms with van der Waals surface area (Å²) in [5, 5.41) is 15.6. The Bertz CT molecular complexity index is 3270. The summed E-state index contributed by atoms with van der Waals surface area (Å²) in [7, 11) is 0. The van der Waals surface area contributed by atoms with Gasteiger partial charge in [-0.25, -0.2) is 0 Å². The van der Waals surface area contributed by atoms with E-state index in [0.29, 0.717) is 5.56 Å². The number of aryl methyl sites for hydroxylation is 5. The highest BCUT2D eigenvalue weighted by atomic mass is 15.0. The lowest BCUT2D eigenvalue weighted by molar-refractivity contribution is 1.15. The van der Waals surface area contributed by atoms with E-state index in [9.17, 15) is 5.26 Å². The van der Waals surface area contributed by atoms with Crippen molar-refractivity contribution < 1.29 is 0 Å². The number of fused-ring (bicyclic) bond motifs is 6. The lowest BCUT2D eigenvalue weighted by atomic mass is 9.96. The molecular weight excluding hydrogens is 691 g/mol. The summed E-state index contributed by atoms with van der Waals surface area (Å²) in [6.07, 6.45) is 0. The molecule has 0 N–H and O–H groups in total. The molecule has 0 atom stereocenters. The summed E-state index contributed by atoms with van der Waals surface area (Å²) >= 11 is 0. The second-order valence-corrected chi connectivity index (χ2v) is 15.8. The van der Waals surface area contributed by atoms with Crippen molar-refractivity contribution in [3.8, 4) is 50.8 Å². The van der Waals surface area contributed by atoms with Crippen LogP contribution in [0.3, 0.4) is 0 Å². The average Bonchev–Trinajstić information content (AvgIpc) is 3.72. The van der Waals surface area contributed by atoms with Crippen molar-refractivity contribution in [3.05, 3.63) is 191 Å². The van der Waals surface area contributed by atoms with E-state index in [4.69, 9.17) is 0 Å². The van der Waals surface area contributed by atoms with E-state index in [0.717, 1.165) is 60.9 Å². The van der Waals surface area contributed by atoms with Gasteiger partial charge in [0, 0.05) is 32.7 Å². The molecule has 0 bridgehead atoms. The zero-order valence-corrected chi connectivity index (χ0v) is 32.9. The lowest BCUT2D eigenvalue weighted by Gasteiger charge is -2.20. The van der Waals surface area contributed by atoms with Crippen molar-refractivity contribution in [2.24, 2.45) is 0 Å². The molecule has 0 unspecified atom stereocenters. The van der Waals surface area contributed by atoms with Crippen molar-refractivity contribution in [2.45, 2.75) is 34.6 Å². The van der Waals surface area contributed by atoms with Gasteiger partial charge in [0.15, 0.2) is 0 Å². The third-order valence-corrected chi connectivity index (χ3v) is 11.5. The fraction of sp³-hybridized carbons (Fsp3) is 0.0926. The van der Waals surface area contributed by atoms with Crippen LogP contribution in [0.15, 0.2) is 158 Å². The van der Waals surface area contributed by atoms with Gasteiger partial charge < -0.3 is 9.13 Å². The summed E-state index contributed by atoms with van der Waals surface area (Å²) < 4.78 is 4.73. The predicted molar refractivity (Wildman–Crippen MR) is 240 cm³/mol. The molecule has 3 nitrogen and oxygen atoms in total. The first-order valence-corrected chi connectivity index (χ1v) is 19.6. The van der Waals surface area contributed by atoms with Gasteiger partial charge in [-0.05, 0) is 111 Å². The zero-order valence-electron chi connectivity index (χ0n) is 32.9. The maximum Gasteiger partial charge on any atom is 0.101 e. The van der Waals surface area contributed by atoms with Crippen LogP contribution in [-0.2, 0) is 0 Å². The number of aromatic nitrogens is 2. The fourth-order valence-electron chi connectivity index (χ4n) is 9.24. The molecule has 8 aromatic carbocycles. The number of nitriles is 1. The molecule has 2 aromatic heterocycles. The number of hydrogen-bond acceptors (Lipinski definition) is 1. The highest BCUT2D eigenvalue weighted by Crippen LogP contribution is 2.43. The molecule has 0 fully saturated rings. The summed E-state index contributed by atoms with van der Waals surface area (Å²) in [4.78, 5) is 0. The Hall–Kier alpha value is -7.15. The van der Waals surface area contributed by atoms with Crippen LogP contribution in [0.5, 0.6) is 0 Å². The number of para-hydroxylation sites is 3. The molecule has 0 aliphatic heterocycles. The van der Waals surface area contributed by atoms with Gasteiger partial charge in [0.1, 0.15) is 6.07 Å². The highest BCUT2D eigenvalue weighted by molar-refractivity contribution is 6.13. The van der Waals surface area contributed by atoms with E-state index in [-0.39, 0.29) is 0 Å². The summed E-state index contributed by atoms with van der Waals surface area (Å²) in [6, 6.07) is 60.0. The average molecular weight is 732 g/mol. The maximum atomic E-state index is 10.9. The molecule has 57 heavy (non-hydrogen) atoms. The highest BCUT2D eigenvalue weighted by Gasteiger charge is 2.23. The molecule has 2 heterocycles. The minimum atomic E-state index is 0.626. The van der Waals surface area contributed by atoms with Crippen molar-refractivity contribution >= 4 is 43.6 Å². The molecule has 0 aliphatic carbocycles. The van der Waals surface area contributed by atoms with E-state index in [1.54, 1.807) is 0 Å². The summed E-state index contributed by atoms with van der Waals surface area (Å²) in [5.74, 6) is 0. The van der Waals surface area contributed by atoms with Gasteiger partial charge in [-0.15, -0.1) is 0 Å². The van der Waals surface area contributed by atoms with Crippen LogP contribution in [0.1, 0.15) is 33.4 Å². The fourth-order valence-corrected chi connectivity index (χ4v) is 9.24. The molecule has 0 saturated carbocycles. The van der Waals surface area contributed by atoms with Gasteiger partial charge in [0.25, 0.3) is 0 Å². The van der Waals surface area contributed by atoms with Gasteiger partial charge in [0.2, 0.25) is 0 Å². The minimum absolute atomic E-state index is 0.626. The third-order valence-electron chi connectivity index (χ3n) is 11.5. The Morgan fingerprint density at radius 3 is 1.44 bits per heavy atom. The quantitative estimate of drug-likeness (QED) is 0.173. The van der Waals surface area contributed by atoms with Crippen LogP contribution in [0.4, 0.5) is 0 Å². The topological polar surface area (TPSA) is 33.6 Å². The lowest BCUT2D eigenvalue weighted by Crippen LogP contribution is -2.04. The van der Waals surface area contributed by atoms with E-state index in [1.807, 2.05) is 12.1 Å². The van der Waals surface area contributed by atoms with Gasteiger partial charge >= 0.3 is 0 Å². The van der Waals surface area contributed by atoms with E-state index in [2.05, 4.69) is 195 Å². The van der Waals surface area contributed by atoms with Gasteiger partial charge in [-0.3, -0.25) is 0 Å². The van der Waals surface area contributed by atoms with Gasteiger partial charge in [0.05, 0.1) is 39.0 Å². The first-order valence-electron chi connectivity index (χ1n) is 19.6. The second-order valence-electron chi connectivity index (χ2n) is 15.8. The molecule has 3 heteroatoms. The third kappa shape index (κ3) is 5.64. The van der Waals surface area contributed by atoms with Gasteiger partial charge in [-0.1, -0.05) is 131 Å².